The number of aryl methyl sites for hydroxylation is 2. The van der Waals surface area contributed by atoms with E-state index in [2.05, 4.69) is 63.4 Å². The number of nitrogens with zero attached hydrogens (tertiary/aromatic N) is 3. The molecule has 1 aromatic heterocycles. The first-order valence-electron chi connectivity index (χ1n) is 12.2. The van der Waals surface area contributed by atoms with Crippen LogP contribution in [-0.4, -0.2) is 27.8 Å². The molecule has 3 aromatic carbocycles. The topological polar surface area (TPSA) is 69.0 Å². The van der Waals surface area contributed by atoms with Crippen molar-refractivity contribution in [1.82, 2.24) is 20.1 Å². The summed E-state index contributed by atoms with van der Waals surface area (Å²) in [7, 11) is 1.64. The fraction of sp³-hybridized carbons (Fsp3) is 0.276. The number of para-hydroxylation sites is 2. The Kier molecular flexibility index (Phi) is 9.16. The van der Waals surface area contributed by atoms with Gasteiger partial charge in [0.25, 0.3) is 0 Å². The molecule has 0 saturated carbocycles. The highest BCUT2D eigenvalue weighted by atomic mass is 32.2. The maximum atomic E-state index is 12.4. The summed E-state index contributed by atoms with van der Waals surface area (Å²) in [4.78, 5) is 12.4. The lowest BCUT2D eigenvalue weighted by Crippen LogP contribution is -2.22. The Morgan fingerprint density at radius 1 is 0.972 bits per heavy atom. The van der Waals surface area contributed by atoms with Crippen molar-refractivity contribution < 1.29 is 9.53 Å². The Balaban J connectivity index is 1.33. The van der Waals surface area contributed by atoms with Gasteiger partial charge in [-0.3, -0.25) is 9.36 Å². The highest BCUT2D eigenvalue weighted by Gasteiger charge is 2.15. The highest BCUT2D eigenvalue weighted by molar-refractivity contribution is 7.98. The summed E-state index contributed by atoms with van der Waals surface area (Å²) in [6.45, 7) is 2.57. The van der Waals surface area contributed by atoms with Gasteiger partial charge in [-0.2, -0.15) is 0 Å². The molecule has 4 rings (SSSR count). The van der Waals surface area contributed by atoms with E-state index >= 15 is 0 Å². The monoisotopic (exact) mass is 500 g/mol. The van der Waals surface area contributed by atoms with E-state index in [-0.39, 0.29) is 5.91 Å². The second-order valence-electron chi connectivity index (χ2n) is 8.64. The third-order valence-corrected chi connectivity index (χ3v) is 6.89. The van der Waals surface area contributed by atoms with Crippen LogP contribution in [0.2, 0.25) is 0 Å². The van der Waals surface area contributed by atoms with E-state index in [4.69, 9.17) is 4.74 Å². The minimum Gasteiger partial charge on any atom is -0.496 e. The molecule has 0 unspecified atom stereocenters. The van der Waals surface area contributed by atoms with Crippen LogP contribution in [0.1, 0.15) is 41.8 Å². The molecule has 0 saturated heterocycles. The molecule has 4 aromatic rings. The van der Waals surface area contributed by atoms with E-state index in [1.807, 2.05) is 42.5 Å². The molecule has 0 aliphatic carbocycles. The first kappa shape index (κ1) is 25.5. The summed E-state index contributed by atoms with van der Waals surface area (Å²) in [6.07, 6.45) is 2.87. The number of hydrogen-bond donors (Lipinski definition) is 1. The molecule has 0 aliphatic rings. The number of carbonyl (C=O) groups excluding carboxylic acids is 1. The number of aromatic nitrogens is 3. The van der Waals surface area contributed by atoms with E-state index < -0.39 is 0 Å². The van der Waals surface area contributed by atoms with Crippen molar-refractivity contribution in [3.63, 3.8) is 0 Å². The largest absolute Gasteiger partial charge is 0.496 e. The molecule has 7 heteroatoms. The average molecular weight is 501 g/mol. The number of nitrogens with one attached hydrogen (secondary N) is 1. The molecule has 0 radical (unpaired) electrons. The van der Waals surface area contributed by atoms with Crippen LogP contribution in [0.25, 0.3) is 5.69 Å². The molecule has 0 atom stereocenters. The number of methoxy groups -OCH3 is 1. The zero-order chi connectivity index (χ0) is 25.2. The van der Waals surface area contributed by atoms with Crippen LogP contribution >= 0.6 is 11.8 Å². The van der Waals surface area contributed by atoms with Crippen LogP contribution < -0.4 is 10.1 Å². The zero-order valence-corrected chi connectivity index (χ0v) is 21.6. The SMILES string of the molecule is COc1ccccc1CNC(=O)CCCCc1nnc(SCc2cccc(C)c2)n1-c1ccccc1. The Morgan fingerprint density at radius 2 is 1.78 bits per heavy atom. The number of hydrogen-bond acceptors (Lipinski definition) is 5. The average Bonchev–Trinajstić information content (AvgIpc) is 3.32. The maximum absolute atomic E-state index is 12.4. The van der Waals surface area contributed by atoms with Crippen LogP contribution in [0.3, 0.4) is 0 Å². The van der Waals surface area contributed by atoms with E-state index in [1.165, 1.54) is 11.1 Å². The molecule has 6 nitrogen and oxygen atoms in total. The van der Waals surface area contributed by atoms with Crippen LogP contribution in [0.4, 0.5) is 0 Å². The predicted octanol–water partition coefficient (Wildman–Crippen LogP) is 5.91. The molecule has 0 bridgehead atoms. The Morgan fingerprint density at radius 3 is 2.58 bits per heavy atom. The van der Waals surface area contributed by atoms with E-state index in [1.54, 1.807) is 18.9 Å². The fourth-order valence-electron chi connectivity index (χ4n) is 4.04. The van der Waals surface area contributed by atoms with Gasteiger partial charge in [-0.25, -0.2) is 0 Å². The standard InChI is InChI=1S/C29H32N4O2S/c1-22-11-10-12-23(19-22)21-36-29-32-31-27(33(29)25-14-4-3-5-15-25)17-8-9-18-28(34)30-20-24-13-6-7-16-26(24)35-2/h3-7,10-16,19H,8-9,17-18,20-21H2,1-2H3,(H,30,34). The number of amides is 1. The van der Waals surface area contributed by atoms with Crippen molar-refractivity contribution in [2.75, 3.05) is 7.11 Å². The summed E-state index contributed by atoms with van der Waals surface area (Å²) in [5.74, 6) is 2.58. The molecular weight excluding hydrogens is 468 g/mol. The molecule has 186 valence electrons. The van der Waals surface area contributed by atoms with Gasteiger partial charge in [-0.05, 0) is 43.5 Å². The number of benzene rings is 3. The maximum Gasteiger partial charge on any atom is 0.220 e. The van der Waals surface area contributed by atoms with Gasteiger partial charge in [0, 0.05) is 36.4 Å². The van der Waals surface area contributed by atoms with Crippen molar-refractivity contribution in [3.8, 4) is 11.4 Å². The Labute approximate surface area is 217 Å². The quantitative estimate of drug-likeness (QED) is 0.194. The van der Waals surface area contributed by atoms with E-state index in [9.17, 15) is 4.79 Å². The Hall–Kier alpha value is -3.58. The predicted molar refractivity (Wildman–Crippen MR) is 144 cm³/mol. The van der Waals surface area contributed by atoms with Gasteiger partial charge in [-0.15, -0.1) is 10.2 Å². The minimum atomic E-state index is 0.0415. The lowest BCUT2D eigenvalue weighted by atomic mass is 10.1. The highest BCUT2D eigenvalue weighted by Crippen LogP contribution is 2.26. The fourth-order valence-corrected chi connectivity index (χ4v) is 4.96. The Bertz CT molecular complexity index is 1270. The van der Waals surface area contributed by atoms with Crippen molar-refractivity contribution in [1.29, 1.82) is 0 Å². The minimum absolute atomic E-state index is 0.0415. The van der Waals surface area contributed by atoms with Crippen molar-refractivity contribution in [2.24, 2.45) is 0 Å². The third-order valence-electron chi connectivity index (χ3n) is 5.89. The lowest BCUT2D eigenvalue weighted by Gasteiger charge is -2.11. The van der Waals surface area contributed by atoms with Crippen LogP contribution in [-0.2, 0) is 23.5 Å². The normalized spacial score (nSPS) is 10.8. The first-order chi connectivity index (χ1) is 17.6. The zero-order valence-electron chi connectivity index (χ0n) is 20.8. The van der Waals surface area contributed by atoms with Gasteiger partial charge >= 0.3 is 0 Å². The second-order valence-corrected chi connectivity index (χ2v) is 9.59. The van der Waals surface area contributed by atoms with Crippen LogP contribution in [0, 0.1) is 6.92 Å². The third kappa shape index (κ3) is 6.98. The van der Waals surface area contributed by atoms with Crippen molar-refractivity contribution in [3.05, 3.63) is 101 Å². The molecule has 0 aliphatic heterocycles. The molecule has 1 amide bonds. The van der Waals surface area contributed by atoms with Gasteiger partial charge in [0.2, 0.25) is 5.91 Å². The summed E-state index contributed by atoms with van der Waals surface area (Å²) >= 11 is 1.69. The van der Waals surface area contributed by atoms with Gasteiger partial charge in [-0.1, -0.05) is 78.0 Å². The van der Waals surface area contributed by atoms with Crippen molar-refractivity contribution >= 4 is 17.7 Å². The molecule has 1 N–H and O–H groups in total. The molecule has 36 heavy (non-hydrogen) atoms. The number of unbranched alkanes of at least 4 members (excludes halogenated alkanes) is 1. The number of thioether (sulfide) groups is 1. The van der Waals surface area contributed by atoms with Gasteiger partial charge in [0.1, 0.15) is 11.6 Å². The number of rotatable bonds is 12. The van der Waals surface area contributed by atoms with Crippen LogP contribution in [0.5, 0.6) is 5.75 Å². The second kappa shape index (κ2) is 12.9. The summed E-state index contributed by atoms with van der Waals surface area (Å²) in [5, 5.41) is 12.9. The smallest absolute Gasteiger partial charge is 0.220 e. The first-order valence-corrected chi connectivity index (χ1v) is 13.2. The van der Waals surface area contributed by atoms with E-state index in [0.29, 0.717) is 13.0 Å². The van der Waals surface area contributed by atoms with Gasteiger partial charge in [0.05, 0.1) is 7.11 Å². The van der Waals surface area contributed by atoms with E-state index in [0.717, 1.165) is 53.0 Å². The molecule has 0 fully saturated rings. The van der Waals surface area contributed by atoms with Gasteiger partial charge < -0.3 is 10.1 Å². The lowest BCUT2D eigenvalue weighted by molar-refractivity contribution is -0.121. The molecule has 0 spiro atoms. The number of carbonyl (C=O) groups is 1. The molecule has 1 heterocycles. The van der Waals surface area contributed by atoms with Gasteiger partial charge in [0.15, 0.2) is 5.16 Å². The summed E-state index contributed by atoms with van der Waals surface area (Å²) in [6, 6.07) is 26.5. The van der Waals surface area contributed by atoms with Crippen LogP contribution in [0.15, 0.2) is 84.0 Å². The molecular formula is C29H32N4O2S. The number of ether oxygens (including phenoxy) is 1. The summed E-state index contributed by atoms with van der Waals surface area (Å²) in [5.41, 5.74) is 4.55. The van der Waals surface area contributed by atoms with Crippen molar-refractivity contribution in [2.45, 2.75) is 50.1 Å². The summed E-state index contributed by atoms with van der Waals surface area (Å²) < 4.78 is 7.50.